The lowest BCUT2D eigenvalue weighted by molar-refractivity contribution is 0.714. The second-order valence-corrected chi connectivity index (χ2v) is 7.84. The highest BCUT2D eigenvalue weighted by Crippen LogP contribution is 2.26. The largest absolute Gasteiger partial charge is 0.342 e. The summed E-state index contributed by atoms with van der Waals surface area (Å²) >= 11 is 3.60. The van der Waals surface area contributed by atoms with Crippen molar-refractivity contribution in [3.63, 3.8) is 0 Å². The van der Waals surface area contributed by atoms with Crippen LogP contribution in [0, 0.1) is 0 Å². The second-order valence-electron chi connectivity index (χ2n) is 6.98. The molecule has 8 heteroatoms. The summed E-state index contributed by atoms with van der Waals surface area (Å²) < 4.78 is 4.34. The number of fused-ring (bicyclic) bond motifs is 1. The van der Waals surface area contributed by atoms with Gasteiger partial charge in [0, 0.05) is 24.6 Å². The number of imidazole rings is 1. The zero-order valence-electron chi connectivity index (χ0n) is 15.2. The Morgan fingerprint density at radius 1 is 1.11 bits per heavy atom. The fourth-order valence-electron chi connectivity index (χ4n) is 3.68. The van der Waals surface area contributed by atoms with E-state index in [2.05, 4.69) is 25.8 Å². The van der Waals surface area contributed by atoms with Crippen LogP contribution in [0.3, 0.4) is 0 Å². The minimum atomic E-state index is -0.444. The molecule has 4 rings (SSSR count). The number of hydrogen-bond donors (Lipinski definition) is 1. The van der Waals surface area contributed by atoms with Crippen molar-refractivity contribution >= 4 is 33.0 Å². The zero-order valence-corrected chi connectivity index (χ0v) is 16.8. The summed E-state index contributed by atoms with van der Waals surface area (Å²) in [7, 11) is 1.64. The minimum Gasteiger partial charge on any atom is -0.342 e. The van der Waals surface area contributed by atoms with E-state index in [0.717, 1.165) is 41.9 Å². The summed E-state index contributed by atoms with van der Waals surface area (Å²) in [4.78, 5) is 34.1. The van der Waals surface area contributed by atoms with Gasteiger partial charge < -0.3 is 4.90 Å². The van der Waals surface area contributed by atoms with Gasteiger partial charge in [-0.15, -0.1) is 0 Å². The van der Waals surface area contributed by atoms with Gasteiger partial charge in [0.1, 0.15) is 0 Å². The molecular weight excluding hydrogens is 410 g/mol. The number of halogens is 1. The average molecular weight is 432 g/mol. The van der Waals surface area contributed by atoms with Crippen LogP contribution in [0.4, 0.5) is 5.95 Å². The van der Waals surface area contributed by atoms with Gasteiger partial charge in [0.15, 0.2) is 11.2 Å². The molecule has 142 valence electrons. The highest BCUT2D eigenvalue weighted by molar-refractivity contribution is 9.10. The maximum absolute atomic E-state index is 12.7. The summed E-state index contributed by atoms with van der Waals surface area (Å²) in [6.07, 6.45) is 4.63. The van der Waals surface area contributed by atoms with E-state index in [1.807, 2.05) is 28.8 Å². The quantitative estimate of drug-likeness (QED) is 0.691. The molecule has 3 aromatic rings. The lowest BCUT2D eigenvalue weighted by atomic mass is 10.2. The van der Waals surface area contributed by atoms with Crippen molar-refractivity contribution in [3.05, 3.63) is 55.1 Å². The topological polar surface area (TPSA) is 75.9 Å². The van der Waals surface area contributed by atoms with Crippen molar-refractivity contribution in [3.8, 4) is 0 Å². The van der Waals surface area contributed by atoms with Gasteiger partial charge in [-0.25, -0.2) is 4.79 Å². The predicted octanol–water partition coefficient (Wildman–Crippen LogP) is 2.61. The van der Waals surface area contributed by atoms with Crippen molar-refractivity contribution in [2.75, 3.05) is 18.0 Å². The van der Waals surface area contributed by atoms with Gasteiger partial charge >= 0.3 is 5.69 Å². The summed E-state index contributed by atoms with van der Waals surface area (Å²) in [5.74, 6) is 0.759. The third-order valence-corrected chi connectivity index (χ3v) is 5.94. The number of hydrogen-bond acceptors (Lipinski definition) is 4. The number of nitrogens with zero attached hydrogens (tertiary/aromatic N) is 4. The number of aryl methyl sites for hydroxylation is 1. The van der Waals surface area contributed by atoms with Crippen LogP contribution in [0.1, 0.15) is 31.2 Å². The van der Waals surface area contributed by atoms with Gasteiger partial charge in [0.2, 0.25) is 5.95 Å². The van der Waals surface area contributed by atoms with Gasteiger partial charge in [0.05, 0.1) is 6.54 Å². The summed E-state index contributed by atoms with van der Waals surface area (Å²) in [6, 6.07) is 7.95. The molecule has 1 aliphatic heterocycles. The van der Waals surface area contributed by atoms with Crippen LogP contribution in [-0.4, -0.2) is 32.2 Å². The number of H-pyrrole nitrogens is 1. The van der Waals surface area contributed by atoms with Gasteiger partial charge in [-0.2, -0.15) is 4.98 Å². The molecular formula is C19H22BrN5O2. The normalized spacial score (nSPS) is 15.3. The Bertz CT molecular complexity index is 1090. The zero-order chi connectivity index (χ0) is 19.0. The first-order valence-electron chi connectivity index (χ1n) is 9.24. The van der Waals surface area contributed by atoms with Gasteiger partial charge in [-0.1, -0.05) is 47.0 Å². The molecule has 0 bridgehead atoms. The fourth-order valence-corrected chi connectivity index (χ4v) is 4.09. The third-order valence-electron chi connectivity index (χ3n) is 5.16. The molecule has 0 saturated carbocycles. The van der Waals surface area contributed by atoms with Crippen molar-refractivity contribution in [1.29, 1.82) is 0 Å². The molecule has 3 heterocycles. The van der Waals surface area contributed by atoms with Crippen LogP contribution >= 0.6 is 15.9 Å². The van der Waals surface area contributed by atoms with Gasteiger partial charge in [0.25, 0.3) is 5.56 Å². The standard InChI is InChI=1S/C19H22BrN5O2/c1-23-16-15(17(26)22-19(23)27)25(12-13-8-4-5-9-14(13)20)18(21-16)24-10-6-2-3-7-11-24/h4-5,8-9H,2-3,6-7,10-12H2,1H3,(H,22,26,27). The summed E-state index contributed by atoms with van der Waals surface area (Å²) in [5.41, 5.74) is 1.08. The molecule has 0 atom stereocenters. The number of rotatable bonds is 3. The molecule has 1 aliphatic rings. The number of benzene rings is 1. The van der Waals surface area contributed by atoms with E-state index in [9.17, 15) is 9.59 Å². The third kappa shape index (κ3) is 3.34. The molecule has 0 radical (unpaired) electrons. The molecule has 0 amide bonds. The molecule has 1 fully saturated rings. The monoisotopic (exact) mass is 431 g/mol. The van der Waals surface area contributed by atoms with Gasteiger partial charge in [-0.3, -0.25) is 18.9 Å². The first-order chi connectivity index (χ1) is 13.1. The van der Waals surface area contributed by atoms with Crippen LogP contribution in [-0.2, 0) is 13.6 Å². The Kier molecular flexibility index (Phi) is 4.90. The number of aromatic nitrogens is 4. The van der Waals surface area contributed by atoms with E-state index in [1.165, 1.54) is 17.4 Å². The Morgan fingerprint density at radius 3 is 2.52 bits per heavy atom. The lowest BCUT2D eigenvalue weighted by Gasteiger charge is -2.22. The number of anilines is 1. The highest BCUT2D eigenvalue weighted by atomic mass is 79.9. The second kappa shape index (κ2) is 7.34. The molecule has 0 spiro atoms. The van der Waals surface area contributed by atoms with E-state index in [0.29, 0.717) is 17.7 Å². The van der Waals surface area contributed by atoms with Crippen molar-refractivity contribution in [1.82, 2.24) is 19.1 Å². The maximum Gasteiger partial charge on any atom is 0.329 e. The summed E-state index contributed by atoms with van der Waals surface area (Å²) in [5, 5.41) is 0. The van der Waals surface area contributed by atoms with Crippen LogP contribution in [0.5, 0.6) is 0 Å². The highest BCUT2D eigenvalue weighted by Gasteiger charge is 2.22. The van der Waals surface area contributed by atoms with E-state index in [1.54, 1.807) is 7.05 Å². The smallest absolute Gasteiger partial charge is 0.329 e. The Hall–Kier alpha value is -2.35. The number of aromatic amines is 1. The van der Waals surface area contributed by atoms with Crippen LogP contribution in [0.2, 0.25) is 0 Å². The predicted molar refractivity (Wildman–Crippen MR) is 110 cm³/mol. The Morgan fingerprint density at radius 2 is 1.81 bits per heavy atom. The van der Waals surface area contributed by atoms with Crippen LogP contribution in [0.25, 0.3) is 11.2 Å². The molecule has 0 unspecified atom stereocenters. The Balaban J connectivity index is 1.94. The SMILES string of the molecule is Cn1c(=O)[nH]c(=O)c2c1nc(N1CCCCCC1)n2Cc1ccccc1Br. The van der Waals surface area contributed by atoms with E-state index >= 15 is 0 Å². The summed E-state index contributed by atoms with van der Waals surface area (Å²) in [6.45, 7) is 2.32. The molecule has 27 heavy (non-hydrogen) atoms. The number of nitrogens with one attached hydrogen (secondary N) is 1. The van der Waals surface area contributed by atoms with E-state index in [4.69, 9.17) is 4.98 Å². The van der Waals surface area contributed by atoms with Crippen molar-refractivity contribution < 1.29 is 0 Å². The molecule has 0 aliphatic carbocycles. The molecule has 2 aromatic heterocycles. The Labute approximate surface area is 164 Å². The first kappa shape index (κ1) is 18.0. The van der Waals surface area contributed by atoms with Crippen LogP contribution in [0.15, 0.2) is 38.3 Å². The van der Waals surface area contributed by atoms with Crippen molar-refractivity contribution in [2.45, 2.75) is 32.2 Å². The lowest BCUT2D eigenvalue weighted by Crippen LogP contribution is -2.30. The molecule has 7 nitrogen and oxygen atoms in total. The fraction of sp³-hybridized carbons (Fsp3) is 0.421. The van der Waals surface area contributed by atoms with Crippen LogP contribution < -0.4 is 16.1 Å². The van der Waals surface area contributed by atoms with E-state index in [-0.39, 0.29) is 0 Å². The van der Waals surface area contributed by atoms with Crippen molar-refractivity contribution in [2.24, 2.45) is 7.05 Å². The van der Waals surface area contributed by atoms with Gasteiger partial charge in [-0.05, 0) is 24.5 Å². The molecule has 1 aromatic carbocycles. The molecule has 1 N–H and O–H groups in total. The average Bonchev–Trinajstić information content (AvgIpc) is 2.83. The molecule has 1 saturated heterocycles. The minimum absolute atomic E-state index is 0.395. The first-order valence-corrected chi connectivity index (χ1v) is 10.0. The maximum atomic E-state index is 12.7. The van der Waals surface area contributed by atoms with E-state index < -0.39 is 11.2 Å².